The topological polar surface area (TPSA) is 3.24 Å². The maximum absolute atomic E-state index is 2.36. The second kappa shape index (κ2) is 9.85. The van der Waals surface area contributed by atoms with E-state index in [9.17, 15) is 0 Å². The molecule has 0 spiro atoms. The quantitative estimate of drug-likeness (QED) is 0.492. The fourth-order valence-electron chi connectivity index (χ4n) is 2.80. The van der Waals surface area contributed by atoms with Crippen LogP contribution in [0.1, 0.15) is 69.4 Å². The summed E-state index contributed by atoms with van der Waals surface area (Å²) in [7, 11) is 4.28. The first-order chi connectivity index (χ1) is 9.65. The van der Waals surface area contributed by atoms with E-state index in [-0.39, 0.29) is 0 Å². The van der Waals surface area contributed by atoms with E-state index >= 15 is 0 Å². The maximum atomic E-state index is 2.36. The van der Waals surface area contributed by atoms with Crippen LogP contribution in [0.2, 0.25) is 0 Å². The molecule has 0 saturated carbocycles. The zero-order chi connectivity index (χ0) is 14.8. The molecule has 1 nitrogen and oxygen atoms in total. The third-order valence-corrected chi connectivity index (χ3v) is 4.02. The van der Waals surface area contributed by atoms with Gasteiger partial charge in [0.1, 0.15) is 0 Å². The van der Waals surface area contributed by atoms with Crippen LogP contribution in [0.25, 0.3) is 0 Å². The number of unbranched alkanes of at least 4 members (excludes halogenated alkanes) is 7. The minimum atomic E-state index is 1.23. The standard InChI is InChI=1S/C19H33N/c1-5-6-7-8-9-10-11-12-13-18-16-17(2)14-15-19(18)20(3)4/h14-16H,5-13H2,1-4H3. The summed E-state index contributed by atoms with van der Waals surface area (Å²) in [6.07, 6.45) is 12.4. The highest BCUT2D eigenvalue weighted by Crippen LogP contribution is 2.22. The molecule has 1 aromatic rings. The van der Waals surface area contributed by atoms with Crippen LogP contribution < -0.4 is 4.90 Å². The van der Waals surface area contributed by atoms with Crippen LogP contribution in [0.3, 0.4) is 0 Å². The summed E-state index contributed by atoms with van der Waals surface area (Å²) in [4.78, 5) is 2.24. The van der Waals surface area contributed by atoms with Gasteiger partial charge in [-0.3, -0.25) is 0 Å². The minimum absolute atomic E-state index is 1.23. The van der Waals surface area contributed by atoms with Crippen LogP contribution in [0.15, 0.2) is 18.2 Å². The first kappa shape index (κ1) is 17.1. The summed E-state index contributed by atoms with van der Waals surface area (Å²) in [5, 5.41) is 0. The van der Waals surface area contributed by atoms with E-state index in [1.807, 2.05) is 0 Å². The van der Waals surface area contributed by atoms with E-state index in [1.54, 1.807) is 0 Å². The Bertz CT molecular complexity index is 368. The van der Waals surface area contributed by atoms with Crippen molar-refractivity contribution < 1.29 is 0 Å². The van der Waals surface area contributed by atoms with Gasteiger partial charge in [-0.1, -0.05) is 69.6 Å². The summed E-state index contributed by atoms with van der Waals surface area (Å²) < 4.78 is 0. The first-order valence-electron chi connectivity index (χ1n) is 8.42. The summed E-state index contributed by atoms with van der Waals surface area (Å²) in [6, 6.07) is 6.83. The Morgan fingerprint density at radius 1 is 0.850 bits per heavy atom. The number of nitrogens with zero attached hydrogens (tertiary/aromatic N) is 1. The van der Waals surface area contributed by atoms with Gasteiger partial charge in [-0.2, -0.15) is 0 Å². The Morgan fingerprint density at radius 2 is 1.45 bits per heavy atom. The normalized spacial score (nSPS) is 10.8. The monoisotopic (exact) mass is 275 g/mol. The fraction of sp³-hybridized carbons (Fsp3) is 0.684. The minimum Gasteiger partial charge on any atom is -0.377 e. The number of anilines is 1. The fourth-order valence-corrected chi connectivity index (χ4v) is 2.80. The first-order valence-corrected chi connectivity index (χ1v) is 8.42. The molecule has 0 unspecified atom stereocenters. The third kappa shape index (κ3) is 6.45. The van der Waals surface area contributed by atoms with Crippen molar-refractivity contribution in [2.75, 3.05) is 19.0 Å². The second-order valence-electron chi connectivity index (χ2n) is 6.25. The molecule has 0 N–H and O–H groups in total. The maximum Gasteiger partial charge on any atom is 0.0393 e. The Balaban J connectivity index is 2.26. The number of rotatable bonds is 10. The lowest BCUT2D eigenvalue weighted by Crippen LogP contribution is -2.11. The zero-order valence-corrected chi connectivity index (χ0v) is 14.0. The second-order valence-corrected chi connectivity index (χ2v) is 6.25. The van der Waals surface area contributed by atoms with Crippen LogP contribution in [0.5, 0.6) is 0 Å². The molecule has 0 aliphatic rings. The molecule has 1 rings (SSSR count). The summed E-state index contributed by atoms with van der Waals surface area (Å²) in [5.41, 5.74) is 4.28. The molecule has 0 fully saturated rings. The molecule has 0 atom stereocenters. The number of hydrogen-bond acceptors (Lipinski definition) is 1. The van der Waals surface area contributed by atoms with E-state index < -0.39 is 0 Å². The van der Waals surface area contributed by atoms with Gasteiger partial charge >= 0.3 is 0 Å². The Kier molecular flexibility index (Phi) is 8.41. The highest BCUT2D eigenvalue weighted by molar-refractivity contribution is 5.53. The van der Waals surface area contributed by atoms with Crippen molar-refractivity contribution in [1.82, 2.24) is 0 Å². The molecule has 0 heterocycles. The van der Waals surface area contributed by atoms with Gasteiger partial charge in [-0.25, -0.2) is 0 Å². The smallest absolute Gasteiger partial charge is 0.0393 e. The van der Waals surface area contributed by atoms with E-state index in [1.165, 1.54) is 74.6 Å². The highest BCUT2D eigenvalue weighted by Gasteiger charge is 2.04. The lowest BCUT2D eigenvalue weighted by atomic mass is 10.0. The molecular formula is C19H33N. The lowest BCUT2D eigenvalue weighted by Gasteiger charge is -2.18. The SMILES string of the molecule is CCCCCCCCCCc1cc(C)ccc1N(C)C. The summed E-state index contributed by atoms with van der Waals surface area (Å²) >= 11 is 0. The molecule has 0 aliphatic heterocycles. The van der Waals surface area contributed by atoms with Gasteiger partial charge in [0, 0.05) is 19.8 Å². The van der Waals surface area contributed by atoms with Gasteiger partial charge in [-0.15, -0.1) is 0 Å². The van der Waals surface area contributed by atoms with Gasteiger partial charge in [0.05, 0.1) is 0 Å². The van der Waals surface area contributed by atoms with Crippen molar-refractivity contribution in [3.8, 4) is 0 Å². The molecule has 1 heteroatoms. The van der Waals surface area contributed by atoms with Crippen molar-refractivity contribution in [3.63, 3.8) is 0 Å². The van der Waals surface area contributed by atoms with Crippen molar-refractivity contribution in [1.29, 1.82) is 0 Å². The van der Waals surface area contributed by atoms with E-state index in [2.05, 4.69) is 51.0 Å². The van der Waals surface area contributed by atoms with Crippen molar-refractivity contribution in [3.05, 3.63) is 29.3 Å². The molecular weight excluding hydrogens is 242 g/mol. The molecule has 20 heavy (non-hydrogen) atoms. The summed E-state index contributed by atoms with van der Waals surface area (Å²) in [6.45, 7) is 4.47. The molecule has 0 saturated heterocycles. The number of aryl methyl sites for hydroxylation is 2. The molecule has 1 aromatic carbocycles. The van der Waals surface area contributed by atoms with Gasteiger partial charge < -0.3 is 4.90 Å². The van der Waals surface area contributed by atoms with Crippen LogP contribution in [0, 0.1) is 6.92 Å². The molecule has 0 radical (unpaired) electrons. The molecule has 0 aromatic heterocycles. The van der Waals surface area contributed by atoms with Crippen molar-refractivity contribution in [2.45, 2.75) is 71.6 Å². The highest BCUT2D eigenvalue weighted by atomic mass is 15.1. The predicted molar refractivity (Wildman–Crippen MR) is 91.8 cm³/mol. The van der Waals surface area contributed by atoms with E-state index in [0.29, 0.717) is 0 Å². The number of hydrogen-bond donors (Lipinski definition) is 0. The average molecular weight is 275 g/mol. The Morgan fingerprint density at radius 3 is 2.05 bits per heavy atom. The lowest BCUT2D eigenvalue weighted by molar-refractivity contribution is 0.575. The third-order valence-electron chi connectivity index (χ3n) is 4.02. The summed E-state index contributed by atoms with van der Waals surface area (Å²) in [5.74, 6) is 0. The predicted octanol–water partition coefficient (Wildman–Crippen LogP) is 5.74. The van der Waals surface area contributed by atoms with Crippen LogP contribution in [0.4, 0.5) is 5.69 Å². The van der Waals surface area contributed by atoms with Crippen molar-refractivity contribution in [2.24, 2.45) is 0 Å². The van der Waals surface area contributed by atoms with Gasteiger partial charge in [-0.05, 0) is 31.4 Å². The van der Waals surface area contributed by atoms with Gasteiger partial charge in [0.2, 0.25) is 0 Å². The molecule has 114 valence electrons. The Labute approximate surface area is 126 Å². The molecule has 0 aliphatic carbocycles. The van der Waals surface area contributed by atoms with E-state index in [0.717, 1.165) is 0 Å². The van der Waals surface area contributed by atoms with Gasteiger partial charge in [0.15, 0.2) is 0 Å². The Hall–Kier alpha value is -0.980. The van der Waals surface area contributed by atoms with Crippen LogP contribution >= 0.6 is 0 Å². The molecule has 0 bridgehead atoms. The largest absolute Gasteiger partial charge is 0.377 e. The number of benzene rings is 1. The van der Waals surface area contributed by atoms with E-state index in [4.69, 9.17) is 0 Å². The zero-order valence-electron chi connectivity index (χ0n) is 14.0. The average Bonchev–Trinajstić information content (AvgIpc) is 2.41. The van der Waals surface area contributed by atoms with Crippen LogP contribution in [-0.4, -0.2) is 14.1 Å². The van der Waals surface area contributed by atoms with Gasteiger partial charge in [0.25, 0.3) is 0 Å². The van der Waals surface area contributed by atoms with Crippen LogP contribution in [-0.2, 0) is 6.42 Å². The molecule has 0 amide bonds. The van der Waals surface area contributed by atoms with Crippen molar-refractivity contribution >= 4 is 5.69 Å².